The fourth-order valence-corrected chi connectivity index (χ4v) is 2.80. The summed E-state index contributed by atoms with van der Waals surface area (Å²) in [5, 5.41) is 10.9. The third-order valence-corrected chi connectivity index (χ3v) is 4.16. The van der Waals surface area contributed by atoms with Crippen molar-refractivity contribution in [2.75, 3.05) is 32.1 Å². The van der Waals surface area contributed by atoms with Gasteiger partial charge in [0.1, 0.15) is 0 Å². The Kier molecular flexibility index (Phi) is 6.77. The molecule has 0 saturated heterocycles. The quantitative estimate of drug-likeness (QED) is 0.469. The van der Waals surface area contributed by atoms with E-state index in [-0.39, 0.29) is 0 Å². The topological polar surface area (TPSA) is 39.7 Å². The van der Waals surface area contributed by atoms with Crippen molar-refractivity contribution in [3.63, 3.8) is 0 Å². The van der Waals surface area contributed by atoms with Gasteiger partial charge in [0, 0.05) is 39.4 Å². The predicted molar refractivity (Wildman–Crippen MR) is 96.8 cm³/mol. The highest BCUT2D eigenvalue weighted by Gasteiger charge is 2.01. The molecule has 1 aromatic heterocycles. The number of aliphatic imine (C=N–C) groups is 1. The molecule has 0 aliphatic heterocycles. The highest BCUT2D eigenvalue weighted by molar-refractivity contribution is 7.07. The summed E-state index contributed by atoms with van der Waals surface area (Å²) in [7, 11) is 3.93. The molecule has 0 atom stereocenters. The highest BCUT2D eigenvalue weighted by atomic mass is 32.1. The van der Waals surface area contributed by atoms with Crippen molar-refractivity contribution in [1.29, 1.82) is 0 Å². The zero-order valence-electron chi connectivity index (χ0n) is 13.2. The van der Waals surface area contributed by atoms with Crippen molar-refractivity contribution in [1.82, 2.24) is 10.6 Å². The molecule has 0 spiro atoms. The van der Waals surface area contributed by atoms with Gasteiger partial charge in [0.2, 0.25) is 0 Å². The summed E-state index contributed by atoms with van der Waals surface area (Å²) in [6.45, 7) is 2.73. The number of hydrogen-bond donors (Lipinski definition) is 2. The van der Waals surface area contributed by atoms with Crippen LogP contribution in [0.1, 0.15) is 12.0 Å². The Hall–Kier alpha value is -2.01. The first kappa shape index (κ1) is 16.4. The molecule has 0 unspecified atom stereocenters. The predicted octanol–water partition coefficient (Wildman–Crippen LogP) is 2.94. The number of rotatable bonds is 7. The van der Waals surface area contributed by atoms with E-state index in [1.165, 1.54) is 11.3 Å². The van der Waals surface area contributed by atoms with E-state index in [1.807, 2.05) is 6.07 Å². The summed E-state index contributed by atoms with van der Waals surface area (Å²) in [4.78, 5) is 6.51. The molecule has 0 amide bonds. The molecule has 4 nitrogen and oxygen atoms in total. The number of thiophene rings is 1. The molecule has 1 aromatic carbocycles. The lowest BCUT2D eigenvalue weighted by atomic mass is 10.3. The first-order valence-corrected chi connectivity index (χ1v) is 8.45. The van der Waals surface area contributed by atoms with E-state index in [1.54, 1.807) is 18.4 Å². The van der Waals surface area contributed by atoms with Crippen molar-refractivity contribution in [2.24, 2.45) is 4.99 Å². The lowest BCUT2D eigenvalue weighted by Crippen LogP contribution is -2.38. The van der Waals surface area contributed by atoms with Crippen LogP contribution in [0.4, 0.5) is 5.69 Å². The third-order valence-electron chi connectivity index (χ3n) is 3.42. The Morgan fingerprint density at radius 3 is 2.68 bits per heavy atom. The Balaban J connectivity index is 1.64. The molecule has 22 heavy (non-hydrogen) atoms. The molecule has 5 heteroatoms. The number of nitrogens with one attached hydrogen (secondary N) is 2. The maximum atomic E-state index is 4.25. The van der Waals surface area contributed by atoms with Crippen molar-refractivity contribution >= 4 is 23.0 Å². The van der Waals surface area contributed by atoms with Crippen molar-refractivity contribution in [3.8, 4) is 0 Å². The molecule has 0 bridgehead atoms. The molecule has 2 N–H and O–H groups in total. The van der Waals surface area contributed by atoms with Crippen molar-refractivity contribution < 1.29 is 0 Å². The van der Waals surface area contributed by atoms with E-state index in [0.29, 0.717) is 0 Å². The maximum Gasteiger partial charge on any atom is 0.191 e. The molecule has 2 aromatic rings. The van der Waals surface area contributed by atoms with Crippen LogP contribution in [0, 0.1) is 0 Å². The van der Waals surface area contributed by atoms with Crippen LogP contribution in [0.15, 0.2) is 52.2 Å². The van der Waals surface area contributed by atoms with Crippen LogP contribution < -0.4 is 15.5 Å². The van der Waals surface area contributed by atoms with Gasteiger partial charge in [-0.1, -0.05) is 18.2 Å². The average molecular weight is 316 g/mol. The molecule has 0 saturated carbocycles. The van der Waals surface area contributed by atoms with Gasteiger partial charge >= 0.3 is 0 Å². The summed E-state index contributed by atoms with van der Waals surface area (Å²) >= 11 is 1.72. The van der Waals surface area contributed by atoms with E-state index in [4.69, 9.17) is 0 Å². The van der Waals surface area contributed by atoms with E-state index < -0.39 is 0 Å². The second-order valence-corrected chi connectivity index (χ2v) is 5.87. The molecule has 2 rings (SSSR count). The maximum absolute atomic E-state index is 4.25. The number of benzene rings is 1. The second kappa shape index (κ2) is 9.10. The number of hydrogen-bond acceptors (Lipinski definition) is 3. The van der Waals surface area contributed by atoms with E-state index in [9.17, 15) is 0 Å². The summed E-state index contributed by atoms with van der Waals surface area (Å²) in [6, 6.07) is 12.6. The van der Waals surface area contributed by atoms with E-state index in [2.05, 4.69) is 68.7 Å². The number of anilines is 1. The van der Waals surface area contributed by atoms with Gasteiger partial charge in [-0.25, -0.2) is 0 Å². The van der Waals surface area contributed by atoms with Gasteiger partial charge in [0.05, 0.1) is 0 Å². The first-order chi connectivity index (χ1) is 10.8. The van der Waals surface area contributed by atoms with Crippen LogP contribution in [0.25, 0.3) is 0 Å². The minimum Gasteiger partial charge on any atom is -0.375 e. The van der Waals surface area contributed by atoms with Crippen molar-refractivity contribution in [3.05, 3.63) is 52.7 Å². The minimum atomic E-state index is 0.813. The Labute approximate surface area is 136 Å². The largest absolute Gasteiger partial charge is 0.375 e. The number of guanidine groups is 1. The van der Waals surface area contributed by atoms with Crippen LogP contribution in [0.5, 0.6) is 0 Å². The number of nitrogens with zero attached hydrogens (tertiary/aromatic N) is 2. The third kappa shape index (κ3) is 5.41. The minimum absolute atomic E-state index is 0.813. The fraction of sp³-hybridized carbons (Fsp3) is 0.353. The highest BCUT2D eigenvalue weighted by Crippen LogP contribution is 2.10. The average Bonchev–Trinajstić information content (AvgIpc) is 3.08. The Morgan fingerprint density at radius 1 is 1.18 bits per heavy atom. The summed E-state index contributed by atoms with van der Waals surface area (Å²) in [5.41, 5.74) is 2.54. The number of para-hydroxylation sites is 1. The molecule has 0 fully saturated rings. The Bertz CT molecular complexity index is 551. The van der Waals surface area contributed by atoms with Gasteiger partial charge in [-0.3, -0.25) is 4.99 Å². The van der Waals surface area contributed by atoms with Gasteiger partial charge < -0.3 is 15.5 Å². The van der Waals surface area contributed by atoms with Crippen LogP contribution in [0.3, 0.4) is 0 Å². The second-order valence-electron chi connectivity index (χ2n) is 5.09. The van der Waals surface area contributed by atoms with Crippen LogP contribution in [0.2, 0.25) is 0 Å². The zero-order chi connectivity index (χ0) is 15.6. The standard InChI is InChI=1S/C17H24N4S/c1-18-17(20-13-15-9-12-22-14-15)19-10-6-11-21(2)16-7-4-3-5-8-16/h3-5,7-9,12,14H,6,10-11,13H2,1-2H3,(H2,18,19,20). The Morgan fingerprint density at radius 2 is 2.00 bits per heavy atom. The molecule has 0 aliphatic carbocycles. The molecular weight excluding hydrogens is 292 g/mol. The van der Waals surface area contributed by atoms with Gasteiger partial charge in [0.25, 0.3) is 0 Å². The van der Waals surface area contributed by atoms with Crippen LogP contribution >= 0.6 is 11.3 Å². The van der Waals surface area contributed by atoms with E-state index >= 15 is 0 Å². The molecule has 118 valence electrons. The molecule has 0 radical (unpaired) electrons. The van der Waals surface area contributed by atoms with Gasteiger partial charge in [-0.05, 0) is 40.9 Å². The van der Waals surface area contributed by atoms with Crippen LogP contribution in [-0.4, -0.2) is 33.1 Å². The first-order valence-electron chi connectivity index (χ1n) is 7.51. The lowest BCUT2D eigenvalue weighted by Gasteiger charge is -2.19. The lowest BCUT2D eigenvalue weighted by molar-refractivity contribution is 0.729. The van der Waals surface area contributed by atoms with Gasteiger partial charge in [-0.2, -0.15) is 11.3 Å². The summed E-state index contributed by atoms with van der Waals surface area (Å²) < 4.78 is 0. The normalized spacial score (nSPS) is 11.3. The zero-order valence-corrected chi connectivity index (χ0v) is 14.1. The fourth-order valence-electron chi connectivity index (χ4n) is 2.13. The van der Waals surface area contributed by atoms with Gasteiger partial charge in [-0.15, -0.1) is 0 Å². The monoisotopic (exact) mass is 316 g/mol. The van der Waals surface area contributed by atoms with Crippen molar-refractivity contribution in [2.45, 2.75) is 13.0 Å². The summed E-state index contributed by atoms with van der Waals surface area (Å²) in [5.74, 6) is 0.855. The summed E-state index contributed by atoms with van der Waals surface area (Å²) in [6.07, 6.45) is 1.06. The smallest absolute Gasteiger partial charge is 0.191 e. The molecule has 1 heterocycles. The SMILES string of the molecule is CN=C(NCCCN(C)c1ccccc1)NCc1ccsc1. The van der Waals surface area contributed by atoms with Crippen LogP contribution in [-0.2, 0) is 6.54 Å². The van der Waals surface area contributed by atoms with E-state index in [0.717, 1.165) is 32.0 Å². The molecular formula is C17H24N4S. The molecule has 0 aliphatic rings. The van der Waals surface area contributed by atoms with Gasteiger partial charge in [0.15, 0.2) is 5.96 Å².